The van der Waals surface area contributed by atoms with Gasteiger partial charge in [0.2, 0.25) is 4.80 Å². The second-order valence-electron chi connectivity index (χ2n) is 6.85. The number of benzene rings is 3. The molecule has 0 radical (unpaired) electrons. The Balaban J connectivity index is 1.74. The van der Waals surface area contributed by atoms with Crippen molar-refractivity contribution in [2.24, 2.45) is 10.2 Å². The average molecular weight is 474 g/mol. The number of thiazole rings is 1. The summed E-state index contributed by atoms with van der Waals surface area (Å²) in [5.41, 5.74) is 3.61. The molecular weight excluding hydrogens is 458 g/mol. The van der Waals surface area contributed by atoms with Crippen molar-refractivity contribution in [1.29, 1.82) is 0 Å². The van der Waals surface area contributed by atoms with E-state index in [-0.39, 0.29) is 11.6 Å². The zero-order valence-corrected chi connectivity index (χ0v) is 18.2. The molecule has 4 nitrogen and oxygen atoms in total. The predicted molar refractivity (Wildman–Crippen MR) is 125 cm³/mol. The molecule has 6 heteroatoms. The summed E-state index contributed by atoms with van der Waals surface area (Å²) in [5, 5.41) is 8.96. The van der Waals surface area contributed by atoms with Crippen LogP contribution in [0.3, 0.4) is 0 Å². The summed E-state index contributed by atoms with van der Waals surface area (Å²) in [6.07, 6.45) is 1.90. The van der Waals surface area contributed by atoms with E-state index in [4.69, 9.17) is 0 Å². The third-order valence-electron chi connectivity index (χ3n) is 4.97. The minimum atomic E-state index is -0.328. The zero-order valence-electron chi connectivity index (χ0n) is 15.8. The van der Waals surface area contributed by atoms with Gasteiger partial charge in [0.25, 0.3) is 5.56 Å². The fourth-order valence-electron chi connectivity index (χ4n) is 3.56. The Labute approximate surface area is 185 Å². The summed E-state index contributed by atoms with van der Waals surface area (Å²) < 4.78 is 3.34. The molecule has 2 heterocycles. The molecule has 1 aliphatic heterocycles. The van der Waals surface area contributed by atoms with E-state index in [1.807, 2.05) is 91.0 Å². The highest BCUT2D eigenvalue weighted by molar-refractivity contribution is 9.10. The van der Waals surface area contributed by atoms with Crippen LogP contribution in [0.15, 0.2) is 104 Å². The largest absolute Gasteiger partial charge is 0.271 e. The normalized spacial score (nSPS) is 16.0. The summed E-state index contributed by atoms with van der Waals surface area (Å²) in [6, 6.07) is 27.4. The van der Waals surface area contributed by atoms with Crippen molar-refractivity contribution in [1.82, 2.24) is 4.57 Å². The highest BCUT2D eigenvalue weighted by Gasteiger charge is 2.28. The molecule has 1 atom stereocenters. The molecule has 4 aromatic rings. The number of rotatable bonds is 3. The molecule has 0 N–H and O–H groups in total. The molecule has 0 saturated heterocycles. The van der Waals surface area contributed by atoms with Gasteiger partial charge in [-0.3, -0.25) is 9.36 Å². The van der Waals surface area contributed by atoms with Gasteiger partial charge in [0.15, 0.2) is 0 Å². The van der Waals surface area contributed by atoms with Gasteiger partial charge in [0, 0.05) is 10.0 Å². The van der Waals surface area contributed by atoms with E-state index in [0.717, 1.165) is 26.9 Å². The van der Waals surface area contributed by atoms with Crippen LogP contribution in [0.5, 0.6) is 0 Å². The predicted octanol–water partition coefficient (Wildman–Crippen LogP) is 4.13. The summed E-state index contributed by atoms with van der Waals surface area (Å²) in [5.74, 6) is 0. The van der Waals surface area contributed by atoms with Gasteiger partial charge in [-0.1, -0.05) is 106 Å². The lowest BCUT2D eigenvalue weighted by Crippen LogP contribution is -2.40. The van der Waals surface area contributed by atoms with Crippen molar-refractivity contribution >= 4 is 39.1 Å². The van der Waals surface area contributed by atoms with E-state index in [9.17, 15) is 4.79 Å². The first kappa shape index (κ1) is 18.9. The van der Waals surface area contributed by atoms with Gasteiger partial charge >= 0.3 is 0 Å². The molecule has 0 fully saturated rings. The van der Waals surface area contributed by atoms with E-state index in [2.05, 4.69) is 26.1 Å². The second-order valence-corrected chi connectivity index (χ2v) is 8.72. The first-order valence-electron chi connectivity index (χ1n) is 9.46. The number of halogens is 1. The Morgan fingerprint density at radius 1 is 0.867 bits per heavy atom. The number of aromatic nitrogens is 1. The Kier molecular flexibility index (Phi) is 5.02. The molecule has 30 heavy (non-hydrogen) atoms. The van der Waals surface area contributed by atoms with Crippen LogP contribution in [0.1, 0.15) is 22.7 Å². The fraction of sp³-hybridized carbons (Fsp3) is 0.0417. The average Bonchev–Trinajstić information content (AvgIpc) is 3.11. The third-order valence-corrected chi connectivity index (χ3v) is 6.67. The minimum absolute atomic E-state index is 0.0633. The molecule has 1 aliphatic rings. The summed E-state index contributed by atoms with van der Waals surface area (Å²) >= 11 is 4.92. The van der Waals surface area contributed by atoms with Crippen LogP contribution in [0.2, 0.25) is 0 Å². The Morgan fingerprint density at radius 2 is 1.53 bits per heavy atom. The lowest BCUT2D eigenvalue weighted by Gasteiger charge is -2.22. The maximum Gasteiger partial charge on any atom is 0.271 e. The topological polar surface area (TPSA) is 46.7 Å². The molecule has 146 valence electrons. The molecule has 0 aliphatic carbocycles. The van der Waals surface area contributed by atoms with Crippen LogP contribution in [0.25, 0.3) is 6.08 Å². The van der Waals surface area contributed by atoms with Gasteiger partial charge in [0.05, 0.1) is 10.2 Å². The Hall–Kier alpha value is -3.09. The number of fused-ring (bicyclic) bond motifs is 1. The van der Waals surface area contributed by atoms with Gasteiger partial charge in [-0.05, 0) is 23.3 Å². The van der Waals surface area contributed by atoms with Crippen molar-refractivity contribution < 1.29 is 0 Å². The van der Waals surface area contributed by atoms with Crippen LogP contribution < -0.4 is 14.9 Å². The summed E-state index contributed by atoms with van der Waals surface area (Å²) in [7, 11) is 0. The molecule has 1 unspecified atom stereocenters. The monoisotopic (exact) mass is 473 g/mol. The molecule has 1 aromatic heterocycles. The molecule has 5 rings (SSSR count). The van der Waals surface area contributed by atoms with E-state index < -0.39 is 0 Å². The zero-order chi connectivity index (χ0) is 20.5. The lowest BCUT2D eigenvalue weighted by molar-refractivity contribution is 0.657. The van der Waals surface area contributed by atoms with Gasteiger partial charge in [-0.15, -0.1) is 10.2 Å². The maximum atomic E-state index is 13.5. The van der Waals surface area contributed by atoms with Crippen molar-refractivity contribution in [3.8, 4) is 0 Å². The maximum absolute atomic E-state index is 13.5. The molecule has 0 bridgehead atoms. The number of hydrogen-bond donors (Lipinski definition) is 0. The van der Waals surface area contributed by atoms with Gasteiger partial charge < -0.3 is 0 Å². The minimum Gasteiger partial charge on any atom is -0.268 e. The highest BCUT2D eigenvalue weighted by Crippen LogP contribution is 2.24. The lowest BCUT2D eigenvalue weighted by atomic mass is 9.96. The molecule has 0 spiro atoms. The quantitative estimate of drug-likeness (QED) is 0.441. The molecule has 3 aromatic carbocycles. The summed E-state index contributed by atoms with van der Waals surface area (Å²) in [4.78, 5) is 14.1. The van der Waals surface area contributed by atoms with Crippen molar-refractivity contribution in [2.45, 2.75) is 6.04 Å². The van der Waals surface area contributed by atoms with Crippen molar-refractivity contribution in [2.75, 3.05) is 0 Å². The van der Waals surface area contributed by atoms with Gasteiger partial charge in [-0.25, -0.2) is 0 Å². The van der Waals surface area contributed by atoms with Gasteiger partial charge in [0.1, 0.15) is 6.04 Å². The second kappa shape index (κ2) is 7.97. The van der Waals surface area contributed by atoms with Crippen LogP contribution >= 0.6 is 27.3 Å². The van der Waals surface area contributed by atoms with E-state index >= 15 is 0 Å². The van der Waals surface area contributed by atoms with Crippen LogP contribution in [-0.4, -0.2) is 10.3 Å². The fourth-order valence-corrected chi connectivity index (χ4v) is 4.89. The first-order valence-corrected chi connectivity index (χ1v) is 11.1. The highest BCUT2D eigenvalue weighted by atomic mass is 79.9. The van der Waals surface area contributed by atoms with Gasteiger partial charge in [-0.2, -0.15) is 0 Å². The van der Waals surface area contributed by atoms with E-state index in [1.54, 1.807) is 4.57 Å². The van der Waals surface area contributed by atoms with Crippen molar-refractivity contribution in [3.05, 3.63) is 126 Å². The van der Waals surface area contributed by atoms with Crippen LogP contribution in [0, 0.1) is 0 Å². The van der Waals surface area contributed by atoms with Crippen LogP contribution in [-0.2, 0) is 0 Å². The van der Waals surface area contributed by atoms with E-state index in [0.29, 0.717) is 9.33 Å². The van der Waals surface area contributed by atoms with E-state index in [1.165, 1.54) is 11.3 Å². The third kappa shape index (κ3) is 3.38. The van der Waals surface area contributed by atoms with Crippen LogP contribution in [0.4, 0.5) is 0 Å². The molecule has 0 amide bonds. The summed E-state index contributed by atoms with van der Waals surface area (Å²) in [6.45, 7) is 0. The molecule has 0 saturated carbocycles. The molecular formula is C24H16BrN3OS. The number of hydrogen-bond acceptors (Lipinski definition) is 4. The number of nitrogens with zero attached hydrogens (tertiary/aromatic N) is 3. The Morgan fingerprint density at radius 3 is 2.27 bits per heavy atom. The first-order chi connectivity index (χ1) is 14.7. The smallest absolute Gasteiger partial charge is 0.268 e. The Bertz CT molecular complexity index is 1420. The SMILES string of the molecule is O=c1/c(=C\c2ccccc2Br)sc2n1C(c1ccccc1)C(c1ccccc1)=NN=2. The van der Waals surface area contributed by atoms with Crippen molar-refractivity contribution in [3.63, 3.8) is 0 Å². The standard InChI is InChI=1S/C24H16BrN3OS/c25-19-14-8-7-13-18(19)15-20-23(29)28-22(17-11-5-2-6-12-17)21(26-27-24(28)30-20)16-9-3-1-4-10-16/h1-15,22H/b20-15+.